The Labute approximate surface area is 219 Å². The molecule has 38 heavy (non-hydrogen) atoms. The average molecular weight is 517 g/mol. The Morgan fingerprint density at radius 2 is 1.82 bits per heavy atom. The first kappa shape index (κ1) is 25.1. The smallest absolute Gasteiger partial charge is 0.303 e. The zero-order valence-electron chi connectivity index (χ0n) is 21.1. The molecule has 2 N–H and O–H groups in total. The molecule has 2 heterocycles. The number of ether oxygens (including phenoxy) is 2. The second kappa shape index (κ2) is 10.5. The largest absolute Gasteiger partial charge is 0.493 e. The van der Waals surface area contributed by atoms with Gasteiger partial charge in [-0.05, 0) is 54.3 Å². The van der Waals surface area contributed by atoms with E-state index in [1.54, 1.807) is 38.5 Å². The fraction of sp³-hybridized carbons (Fsp3) is 0.276. The van der Waals surface area contributed by atoms with E-state index in [1.165, 1.54) is 11.2 Å². The van der Waals surface area contributed by atoms with Crippen molar-refractivity contribution in [3.05, 3.63) is 83.5 Å². The van der Waals surface area contributed by atoms with Gasteiger partial charge in [0.15, 0.2) is 17.3 Å². The van der Waals surface area contributed by atoms with Crippen molar-refractivity contribution in [2.75, 3.05) is 24.4 Å². The molecule has 2 atom stereocenters. The maximum absolute atomic E-state index is 13.9. The number of ketones is 1. The molecule has 5 rings (SSSR count). The molecule has 2 aliphatic rings. The summed E-state index contributed by atoms with van der Waals surface area (Å²) >= 11 is 0. The van der Waals surface area contributed by atoms with Gasteiger partial charge in [0.05, 0.1) is 38.3 Å². The number of methoxy groups -OCH3 is 2. The molecule has 1 amide bonds. The number of carboxylic acid groups (broad SMARTS) is 1. The van der Waals surface area contributed by atoms with Crippen LogP contribution in [0.3, 0.4) is 0 Å². The molecule has 3 aromatic rings. The number of hydrogen-bond acceptors (Lipinski definition) is 7. The van der Waals surface area contributed by atoms with Crippen molar-refractivity contribution in [2.24, 2.45) is 0 Å². The SMILES string of the molecule is COc1ccc([C@@H]2CC(=O)C3=C(C2)Nc2ccccc2N(C(=O)CCC(=O)O)[C@H]3c2ccco2)cc1OC. The van der Waals surface area contributed by atoms with E-state index < -0.39 is 17.9 Å². The monoisotopic (exact) mass is 516 g/mol. The maximum Gasteiger partial charge on any atom is 0.303 e. The minimum absolute atomic E-state index is 0.122. The van der Waals surface area contributed by atoms with E-state index in [-0.39, 0.29) is 31.0 Å². The highest BCUT2D eigenvalue weighted by Crippen LogP contribution is 2.48. The lowest BCUT2D eigenvalue weighted by atomic mass is 9.79. The molecule has 9 nitrogen and oxygen atoms in total. The van der Waals surface area contributed by atoms with Crippen molar-refractivity contribution in [1.82, 2.24) is 0 Å². The van der Waals surface area contributed by atoms with E-state index in [0.29, 0.717) is 46.3 Å². The molecule has 1 aromatic heterocycles. The molecule has 0 radical (unpaired) electrons. The van der Waals surface area contributed by atoms with Gasteiger partial charge in [-0.15, -0.1) is 0 Å². The van der Waals surface area contributed by atoms with Crippen molar-refractivity contribution in [1.29, 1.82) is 0 Å². The van der Waals surface area contributed by atoms with Gasteiger partial charge in [0.1, 0.15) is 11.8 Å². The quantitative estimate of drug-likeness (QED) is 0.447. The summed E-state index contributed by atoms with van der Waals surface area (Å²) in [4.78, 5) is 40.2. The number of Topliss-reactive ketones (excluding diaryl/α,β-unsaturated/α-hetero) is 1. The second-order valence-electron chi connectivity index (χ2n) is 9.25. The Kier molecular flexibility index (Phi) is 6.91. The highest BCUT2D eigenvalue weighted by atomic mass is 16.5. The van der Waals surface area contributed by atoms with E-state index in [4.69, 9.17) is 13.9 Å². The molecule has 0 saturated heterocycles. The highest BCUT2D eigenvalue weighted by molar-refractivity contribution is 6.06. The predicted octanol–water partition coefficient (Wildman–Crippen LogP) is 5.06. The van der Waals surface area contributed by atoms with Crippen molar-refractivity contribution in [3.8, 4) is 11.5 Å². The number of carbonyl (C=O) groups excluding carboxylic acids is 2. The van der Waals surface area contributed by atoms with Crippen LogP contribution in [0, 0.1) is 0 Å². The molecular weight excluding hydrogens is 488 g/mol. The Bertz CT molecular complexity index is 1410. The number of carbonyl (C=O) groups is 3. The maximum atomic E-state index is 13.9. The topological polar surface area (TPSA) is 118 Å². The van der Waals surface area contributed by atoms with Crippen LogP contribution in [0.15, 0.2) is 76.5 Å². The first-order valence-electron chi connectivity index (χ1n) is 12.3. The summed E-state index contributed by atoms with van der Waals surface area (Å²) in [7, 11) is 3.14. The number of para-hydroxylation sites is 2. The molecular formula is C29H28N2O7. The molecule has 0 bridgehead atoms. The van der Waals surface area contributed by atoms with Gasteiger partial charge in [-0.1, -0.05) is 18.2 Å². The molecule has 1 aliphatic carbocycles. The van der Waals surface area contributed by atoms with Crippen LogP contribution in [0.1, 0.15) is 49.0 Å². The number of hydrogen-bond donors (Lipinski definition) is 2. The van der Waals surface area contributed by atoms with E-state index in [1.807, 2.05) is 30.3 Å². The van der Waals surface area contributed by atoms with Gasteiger partial charge < -0.3 is 24.3 Å². The number of amides is 1. The molecule has 0 spiro atoms. The summed E-state index contributed by atoms with van der Waals surface area (Å²) in [5.74, 6) is -0.117. The first-order valence-corrected chi connectivity index (χ1v) is 12.3. The fourth-order valence-electron chi connectivity index (χ4n) is 5.26. The van der Waals surface area contributed by atoms with Crippen molar-refractivity contribution in [2.45, 2.75) is 37.6 Å². The Morgan fingerprint density at radius 1 is 1.03 bits per heavy atom. The number of rotatable bonds is 7. The van der Waals surface area contributed by atoms with E-state index in [2.05, 4.69) is 5.32 Å². The minimum atomic E-state index is -1.07. The summed E-state index contributed by atoms with van der Waals surface area (Å²) < 4.78 is 16.6. The highest BCUT2D eigenvalue weighted by Gasteiger charge is 2.42. The number of fused-ring (bicyclic) bond motifs is 1. The van der Waals surface area contributed by atoms with Gasteiger partial charge in [0.25, 0.3) is 0 Å². The van der Waals surface area contributed by atoms with E-state index in [0.717, 1.165) is 5.56 Å². The molecule has 0 saturated carbocycles. The Hall–Kier alpha value is -4.53. The van der Waals surface area contributed by atoms with Crippen LogP contribution in [-0.2, 0) is 14.4 Å². The number of furan rings is 1. The van der Waals surface area contributed by atoms with Crippen LogP contribution in [0.2, 0.25) is 0 Å². The standard InChI is InChI=1S/C29H28N2O7/c1-36-23-10-9-17(16-25(23)37-2)18-14-20-28(22(32)15-18)29(24-8-5-13-38-24)31(26(33)11-12-27(34)35)21-7-4-3-6-19(21)30-20/h3-10,13,16,18,29-30H,11-12,14-15H2,1-2H3,(H,34,35)/t18-,29-/m0/s1. The number of carboxylic acids is 1. The molecule has 1 aliphatic heterocycles. The zero-order chi connectivity index (χ0) is 26.8. The van der Waals surface area contributed by atoms with E-state index in [9.17, 15) is 19.5 Å². The van der Waals surface area contributed by atoms with E-state index >= 15 is 0 Å². The Morgan fingerprint density at radius 3 is 2.53 bits per heavy atom. The van der Waals surface area contributed by atoms with Crippen LogP contribution >= 0.6 is 0 Å². The molecule has 2 aromatic carbocycles. The summed E-state index contributed by atoms with van der Waals surface area (Å²) in [6.07, 6.45) is 1.70. The number of allylic oxidation sites excluding steroid dienone is 1. The van der Waals surface area contributed by atoms with Gasteiger partial charge in [0.2, 0.25) is 5.91 Å². The first-order chi connectivity index (χ1) is 18.4. The summed E-state index contributed by atoms with van der Waals surface area (Å²) in [5.41, 5.74) is 3.28. The summed E-state index contributed by atoms with van der Waals surface area (Å²) in [6, 6.07) is 15.5. The van der Waals surface area contributed by atoms with Crippen LogP contribution in [-0.4, -0.2) is 37.0 Å². The molecule has 9 heteroatoms. The fourth-order valence-corrected chi connectivity index (χ4v) is 5.26. The van der Waals surface area contributed by atoms with Crippen LogP contribution in [0.4, 0.5) is 11.4 Å². The molecule has 0 unspecified atom stereocenters. The molecule has 0 fully saturated rings. The third-order valence-corrected chi connectivity index (χ3v) is 7.00. The zero-order valence-corrected chi connectivity index (χ0v) is 21.1. The lowest BCUT2D eigenvalue weighted by molar-refractivity contribution is -0.138. The number of nitrogens with one attached hydrogen (secondary N) is 1. The molecule has 196 valence electrons. The van der Waals surface area contributed by atoms with Gasteiger partial charge in [0, 0.05) is 24.1 Å². The van der Waals surface area contributed by atoms with Crippen LogP contribution in [0.25, 0.3) is 0 Å². The van der Waals surface area contributed by atoms with Crippen LogP contribution < -0.4 is 19.7 Å². The number of benzene rings is 2. The lowest BCUT2D eigenvalue weighted by Gasteiger charge is -2.33. The second-order valence-corrected chi connectivity index (χ2v) is 9.25. The number of aliphatic carboxylic acids is 1. The van der Waals surface area contributed by atoms with Crippen molar-refractivity contribution in [3.63, 3.8) is 0 Å². The van der Waals surface area contributed by atoms with Crippen LogP contribution in [0.5, 0.6) is 11.5 Å². The third-order valence-electron chi connectivity index (χ3n) is 7.00. The van der Waals surface area contributed by atoms with Gasteiger partial charge in [-0.2, -0.15) is 0 Å². The minimum Gasteiger partial charge on any atom is -0.493 e. The van der Waals surface area contributed by atoms with Crippen molar-refractivity contribution < 1.29 is 33.4 Å². The lowest BCUT2D eigenvalue weighted by Crippen LogP contribution is -2.38. The normalized spacial score (nSPS) is 18.7. The van der Waals surface area contributed by atoms with Gasteiger partial charge in [-0.3, -0.25) is 19.3 Å². The van der Waals surface area contributed by atoms with Gasteiger partial charge in [-0.25, -0.2) is 0 Å². The summed E-state index contributed by atoms with van der Waals surface area (Å²) in [5, 5.41) is 12.7. The van der Waals surface area contributed by atoms with Crippen molar-refractivity contribution >= 4 is 29.0 Å². The number of anilines is 2. The summed E-state index contributed by atoms with van der Waals surface area (Å²) in [6.45, 7) is 0. The third kappa shape index (κ3) is 4.63. The predicted molar refractivity (Wildman–Crippen MR) is 139 cm³/mol. The Balaban J connectivity index is 1.62. The average Bonchev–Trinajstić information content (AvgIpc) is 3.40. The number of nitrogens with zero attached hydrogens (tertiary/aromatic N) is 1. The van der Waals surface area contributed by atoms with Gasteiger partial charge >= 0.3 is 5.97 Å².